The average molecular weight is 306 g/mol. The number of hydrogen-bond donors (Lipinski definition) is 1. The summed E-state index contributed by atoms with van der Waals surface area (Å²) in [6.07, 6.45) is 1.60. The van der Waals surface area contributed by atoms with E-state index in [1.807, 2.05) is 38.1 Å². The van der Waals surface area contributed by atoms with E-state index in [0.29, 0.717) is 29.1 Å². The molecular formula is C16H22N2O2S. The second-order valence-electron chi connectivity index (χ2n) is 5.10. The Kier molecular flexibility index (Phi) is 4.85. The van der Waals surface area contributed by atoms with Crippen LogP contribution in [0.1, 0.15) is 26.7 Å². The van der Waals surface area contributed by atoms with Crippen molar-refractivity contribution >= 4 is 26.5 Å². The summed E-state index contributed by atoms with van der Waals surface area (Å²) in [5.74, 6) is 0. The normalized spacial score (nSPS) is 12.1. The Hall–Kier alpha value is -1.59. The molecule has 0 radical (unpaired) electrons. The molecular weight excluding hydrogens is 284 g/mol. The Bertz CT molecular complexity index is 720. The third-order valence-electron chi connectivity index (χ3n) is 3.48. The molecule has 0 aliphatic carbocycles. The Morgan fingerprint density at radius 1 is 0.952 bits per heavy atom. The predicted molar refractivity (Wildman–Crippen MR) is 87.7 cm³/mol. The molecule has 0 aliphatic rings. The summed E-state index contributed by atoms with van der Waals surface area (Å²) >= 11 is 0. The summed E-state index contributed by atoms with van der Waals surface area (Å²) < 4.78 is 27.4. The lowest BCUT2D eigenvalue weighted by Crippen LogP contribution is -2.32. The fourth-order valence-corrected chi connectivity index (χ4v) is 4.33. The van der Waals surface area contributed by atoms with E-state index in [2.05, 4.69) is 0 Å². The molecule has 5 heteroatoms. The molecule has 4 nitrogen and oxygen atoms in total. The Balaban J connectivity index is 2.62. The van der Waals surface area contributed by atoms with Gasteiger partial charge in [0.2, 0.25) is 10.0 Å². The van der Waals surface area contributed by atoms with Crippen LogP contribution in [0.3, 0.4) is 0 Å². The zero-order valence-corrected chi connectivity index (χ0v) is 13.4. The third-order valence-corrected chi connectivity index (χ3v) is 5.44. The van der Waals surface area contributed by atoms with Crippen molar-refractivity contribution in [3.63, 3.8) is 0 Å². The van der Waals surface area contributed by atoms with Crippen LogP contribution < -0.4 is 5.73 Å². The van der Waals surface area contributed by atoms with Crippen LogP contribution in [0.25, 0.3) is 10.8 Å². The minimum Gasteiger partial charge on any atom is -0.398 e. The van der Waals surface area contributed by atoms with E-state index in [1.165, 1.54) is 0 Å². The SMILES string of the molecule is CCCN(CCC)S(=O)(=O)c1ccc(N)c2ccccc12. The van der Waals surface area contributed by atoms with E-state index < -0.39 is 10.0 Å². The summed E-state index contributed by atoms with van der Waals surface area (Å²) in [5.41, 5.74) is 6.55. The molecule has 0 fully saturated rings. The van der Waals surface area contributed by atoms with Gasteiger partial charge in [-0.3, -0.25) is 0 Å². The standard InChI is InChI=1S/C16H22N2O2S/c1-3-11-18(12-4-2)21(19,20)16-10-9-15(17)13-7-5-6-8-14(13)16/h5-10H,3-4,11-12,17H2,1-2H3. The van der Waals surface area contributed by atoms with Crippen LogP contribution in [-0.4, -0.2) is 25.8 Å². The molecule has 0 saturated carbocycles. The van der Waals surface area contributed by atoms with Gasteiger partial charge in [0.25, 0.3) is 0 Å². The lowest BCUT2D eigenvalue weighted by Gasteiger charge is -2.22. The van der Waals surface area contributed by atoms with Gasteiger partial charge in [0, 0.05) is 29.5 Å². The molecule has 2 rings (SSSR count). The van der Waals surface area contributed by atoms with E-state index in [9.17, 15) is 8.42 Å². The van der Waals surface area contributed by atoms with E-state index in [4.69, 9.17) is 5.73 Å². The van der Waals surface area contributed by atoms with Crippen LogP contribution in [0.15, 0.2) is 41.3 Å². The maximum absolute atomic E-state index is 12.9. The number of nitrogens with zero attached hydrogens (tertiary/aromatic N) is 1. The molecule has 21 heavy (non-hydrogen) atoms. The first kappa shape index (κ1) is 15.8. The van der Waals surface area contributed by atoms with Crippen molar-refractivity contribution in [2.75, 3.05) is 18.8 Å². The lowest BCUT2D eigenvalue weighted by atomic mass is 10.1. The van der Waals surface area contributed by atoms with Crippen molar-refractivity contribution in [3.05, 3.63) is 36.4 Å². The Labute approximate surface area is 126 Å². The summed E-state index contributed by atoms with van der Waals surface area (Å²) in [5, 5.41) is 1.47. The Morgan fingerprint density at radius 2 is 1.52 bits per heavy atom. The van der Waals surface area contributed by atoms with E-state index >= 15 is 0 Å². The van der Waals surface area contributed by atoms with Gasteiger partial charge in [0.05, 0.1) is 4.90 Å². The summed E-state index contributed by atoms with van der Waals surface area (Å²) in [6, 6.07) is 10.7. The van der Waals surface area contributed by atoms with Crippen LogP contribution in [0.2, 0.25) is 0 Å². The number of benzene rings is 2. The molecule has 0 heterocycles. The van der Waals surface area contributed by atoms with Crippen LogP contribution in [-0.2, 0) is 10.0 Å². The highest BCUT2D eigenvalue weighted by Gasteiger charge is 2.25. The zero-order chi connectivity index (χ0) is 15.5. The van der Waals surface area contributed by atoms with Gasteiger partial charge in [0.1, 0.15) is 0 Å². The molecule has 0 spiro atoms. The minimum atomic E-state index is -3.49. The molecule has 0 aliphatic heterocycles. The fraction of sp³-hybridized carbons (Fsp3) is 0.375. The molecule has 2 aromatic carbocycles. The van der Waals surface area contributed by atoms with Crippen molar-refractivity contribution in [3.8, 4) is 0 Å². The lowest BCUT2D eigenvalue weighted by molar-refractivity contribution is 0.410. The third kappa shape index (κ3) is 3.04. The number of nitrogen functional groups attached to an aromatic ring is 1. The second kappa shape index (κ2) is 6.45. The number of hydrogen-bond acceptors (Lipinski definition) is 3. The van der Waals surface area contributed by atoms with E-state index in [1.54, 1.807) is 16.4 Å². The van der Waals surface area contributed by atoms with Crippen molar-refractivity contribution in [1.82, 2.24) is 4.31 Å². The predicted octanol–water partition coefficient (Wildman–Crippen LogP) is 3.23. The summed E-state index contributed by atoms with van der Waals surface area (Å²) in [7, 11) is -3.49. The van der Waals surface area contributed by atoms with Gasteiger partial charge < -0.3 is 5.73 Å². The molecule has 2 N–H and O–H groups in total. The highest BCUT2D eigenvalue weighted by atomic mass is 32.2. The highest BCUT2D eigenvalue weighted by molar-refractivity contribution is 7.89. The number of nitrogens with two attached hydrogens (primary N) is 1. The molecule has 0 amide bonds. The second-order valence-corrected chi connectivity index (χ2v) is 7.01. The topological polar surface area (TPSA) is 63.4 Å². The molecule has 114 valence electrons. The minimum absolute atomic E-state index is 0.342. The summed E-state index contributed by atoms with van der Waals surface area (Å²) in [6.45, 7) is 5.04. The number of anilines is 1. The number of fused-ring (bicyclic) bond motifs is 1. The van der Waals surface area contributed by atoms with Crippen LogP contribution in [0.4, 0.5) is 5.69 Å². The molecule has 0 atom stereocenters. The van der Waals surface area contributed by atoms with Crippen molar-refractivity contribution in [1.29, 1.82) is 0 Å². The summed E-state index contributed by atoms with van der Waals surface area (Å²) in [4.78, 5) is 0.342. The Morgan fingerprint density at radius 3 is 2.10 bits per heavy atom. The molecule has 2 aromatic rings. The van der Waals surface area contributed by atoms with Gasteiger partial charge in [-0.15, -0.1) is 0 Å². The average Bonchev–Trinajstić information content (AvgIpc) is 2.47. The molecule has 0 bridgehead atoms. The van der Waals surface area contributed by atoms with Crippen molar-refractivity contribution in [2.45, 2.75) is 31.6 Å². The van der Waals surface area contributed by atoms with Gasteiger partial charge in [-0.1, -0.05) is 38.1 Å². The maximum atomic E-state index is 12.9. The first-order valence-electron chi connectivity index (χ1n) is 7.29. The van der Waals surface area contributed by atoms with Crippen LogP contribution >= 0.6 is 0 Å². The van der Waals surface area contributed by atoms with Gasteiger partial charge in [-0.2, -0.15) is 4.31 Å². The van der Waals surface area contributed by atoms with E-state index in [-0.39, 0.29) is 0 Å². The molecule has 0 saturated heterocycles. The monoisotopic (exact) mass is 306 g/mol. The largest absolute Gasteiger partial charge is 0.398 e. The van der Waals surface area contributed by atoms with Gasteiger partial charge in [-0.05, 0) is 25.0 Å². The van der Waals surface area contributed by atoms with E-state index in [0.717, 1.165) is 18.2 Å². The molecule has 0 aromatic heterocycles. The fourth-order valence-electron chi connectivity index (χ4n) is 2.51. The first-order chi connectivity index (χ1) is 10.0. The van der Waals surface area contributed by atoms with Crippen LogP contribution in [0.5, 0.6) is 0 Å². The van der Waals surface area contributed by atoms with Gasteiger partial charge in [-0.25, -0.2) is 8.42 Å². The maximum Gasteiger partial charge on any atom is 0.243 e. The molecule has 0 unspecified atom stereocenters. The van der Waals surface area contributed by atoms with Crippen molar-refractivity contribution < 1.29 is 8.42 Å². The van der Waals surface area contributed by atoms with Crippen LogP contribution in [0, 0.1) is 0 Å². The van der Waals surface area contributed by atoms with Gasteiger partial charge in [0.15, 0.2) is 0 Å². The number of rotatable bonds is 6. The van der Waals surface area contributed by atoms with Gasteiger partial charge >= 0.3 is 0 Å². The highest BCUT2D eigenvalue weighted by Crippen LogP contribution is 2.29. The van der Waals surface area contributed by atoms with Crippen molar-refractivity contribution in [2.24, 2.45) is 0 Å². The zero-order valence-electron chi connectivity index (χ0n) is 12.5. The quantitative estimate of drug-likeness (QED) is 0.833. The first-order valence-corrected chi connectivity index (χ1v) is 8.73. The smallest absolute Gasteiger partial charge is 0.243 e. The number of sulfonamides is 1.